The van der Waals surface area contributed by atoms with Gasteiger partial charge in [0.15, 0.2) is 0 Å². The number of nitriles is 1. The van der Waals surface area contributed by atoms with Crippen LogP contribution < -0.4 is 0 Å². The minimum absolute atomic E-state index is 0.540. The molecule has 0 unspecified atom stereocenters. The summed E-state index contributed by atoms with van der Waals surface area (Å²) >= 11 is 12.0. The second kappa shape index (κ2) is 4.79. The molecule has 0 atom stereocenters. The van der Waals surface area contributed by atoms with Crippen molar-refractivity contribution in [2.75, 3.05) is 0 Å². The lowest BCUT2D eigenvalue weighted by atomic mass is 10.1. The maximum atomic E-state index is 8.74. The zero-order valence-electron chi connectivity index (χ0n) is 9.11. The minimum Gasteiger partial charge on any atom is -0.266 e. The summed E-state index contributed by atoms with van der Waals surface area (Å²) in [5, 5.41) is 14.2. The first-order valence-electron chi connectivity index (χ1n) is 4.98. The van der Waals surface area contributed by atoms with Crippen molar-refractivity contribution in [1.82, 2.24) is 9.78 Å². The highest BCUT2D eigenvalue weighted by atomic mass is 35.5. The number of halogens is 2. The van der Waals surface area contributed by atoms with Crippen molar-refractivity contribution in [3.8, 4) is 6.07 Å². The molecule has 86 valence electrons. The fourth-order valence-corrected chi connectivity index (χ4v) is 1.88. The SMILES string of the molecule is Cc1nn(Cc2ccc(C#N)cc2Cl)cc1Cl. The standard InChI is InChI=1S/C12H9Cl2N3/c1-8-12(14)7-17(16-8)6-10-3-2-9(5-15)4-11(10)13/h2-4,7H,6H2,1H3. The molecule has 2 aromatic rings. The number of hydrogen-bond acceptors (Lipinski definition) is 2. The Kier molecular flexibility index (Phi) is 3.37. The topological polar surface area (TPSA) is 41.6 Å². The first kappa shape index (κ1) is 12.0. The van der Waals surface area contributed by atoms with E-state index in [0.29, 0.717) is 22.2 Å². The van der Waals surface area contributed by atoms with Crippen molar-refractivity contribution in [2.45, 2.75) is 13.5 Å². The first-order valence-corrected chi connectivity index (χ1v) is 5.74. The van der Waals surface area contributed by atoms with Gasteiger partial charge in [-0.25, -0.2) is 0 Å². The van der Waals surface area contributed by atoms with E-state index in [1.54, 1.807) is 23.0 Å². The largest absolute Gasteiger partial charge is 0.266 e. The average molecular weight is 266 g/mol. The quantitative estimate of drug-likeness (QED) is 0.835. The van der Waals surface area contributed by atoms with Gasteiger partial charge in [0.25, 0.3) is 0 Å². The molecule has 0 bridgehead atoms. The Morgan fingerprint density at radius 3 is 2.65 bits per heavy atom. The van der Waals surface area contributed by atoms with Crippen LogP contribution in [0.5, 0.6) is 0 Å². The van der Waals surface area contributed by atoms with Crippen LogP contribution in [0.4, 0.5) is 0 Å². The Labute approximate surface area is 109 Å². The first-order chi connectivity index (χ1) is 8.10. The predicted molar refractivity (Wildman–Crippen MR) is 67.2 cm³/mol. The lowest BCUT2D eigenvalue weighted by molar-refractivity contribution is 0.679. The van der Waals surface area contributed by atoms with Gasteiger partial charge in [-0.1, -0.05) is 29.3 Å². The summed E-state index contributed by atoms with van der Waals surface area (Å²) in [5.74, 6) is 0. The minimum atomic E-state index is 0.540. The molecule has 0 spiro atoms. The lowest BCUT2D eigenvalue weighted by Crippen LogP contribution is -2.01. The van der Waals surface area contributed by atoms with E-state index in [0.717, 1.165) is 11.3 Å². The van der Waals surface area contributed by atoms with E-state index in [1.165, 1.54) is 0 Å². The van der Waals surface area contributed by atoms with Crippen LogP contribution in [0.15, 0.2) is 24.4 Å². The van der Waals surface area contributed by atoms with Gasteiger partial charge in [-0.15, -0.1) is 0 Å². The fraction of sp³-hybridized carbons (Fsp3) is 0.167. The third-order valence-corrected chi connectivity index (χ3v) is 3.12. The summed E-state index contributed by atoms with van der Waals surface area (Å²) in [6.45, 7) is 2.39. The Balaban J connectivity index is 2.28. The maximum Gasteiger partial charge on any atom is 0.0992 e. The van der Waals surface area contributed by atoms with Gasteiger partial charge in [0.1, 0.15) is 0 Å². The third kappa shape index (κ3) is 2.60. The van der Waals surface area contributed by atoms with Gasteiger partial charge < -0.3 is 0 Å². The average Bonchev–Trinajstić information content (AvgIpc) is 2.61. The molecule has 0 N–H and O–H groups in total. The number of nitrogens with zero attached hydrogens (tertiary/aromatic N) is 3. The third-order valence-electron chi connectivity index (χ3n) is 2.40. The van der Waals surface area contributed by atoms with Crippen molar-refractivity contribution in [2.24, 2.45) is 0 Å². The zero-order chi connectivity index (χ0) is 12.4. The van der Waals surface area contributed by atoms with Crippen LogP contribution in [0, 0.1) is 18.3 Å². The predicted octanol–water partition coefficient (Wildman–Crippen LogP) is 3.42. The summed E-state index contributed by atoms with van der Waals surface area (Å²) in [5.41, 5.74) is 2.25. The number of rotatable bonds is 2. The molecular formula is C12H9Cl2N3. The highest BCUT2D eigenvalue weighted by molar-refractivity contribution is 6.31. The monoisotopic (exact) mass is 265 g/mol. The van der Waals surface area contributed by atoms with Gasteiger partial charge >= 0.3 is 0 Å². The van der Waals surface area contributed by atoms with Crippen LogP contribution in [0.2, 0.25) is 10.0 Å². The number of aryl methyl sites for hydroxylation is 1. The normalized spacial score (nSPS) is 10.2. The Morgan fingerprint density at radius 1 is 1.35 bits per heavy atom. The molecule has 1 aromatic carbocycles. The van der Waals surface area contributed by atoms with Crippen LogP contribution in [-0.2, 0) is 6.54 Å². The van der Waals surface area contributed by atoms with Crippen LogP contribution in [0.25, 0.3) is 0 Å². The summed E-state index contributed by atoms with van der Waals surface area (Å²) in [7, 11) is 0. The highest BCUT2D eigenvalue weighted by Crippen LogP contribution is 2.20. The number of aromatic nitrogens is 2. The molecule has 2 rings (SSSR count). The van der Waals surface area contributed by atoms with Gasteiger partial charge in [-0.05, 0) is 24.6 Å². The molecule has 0 saturated heterocycles. The van der Waals surface area contributed by atoms with E-state index in [4.69, 9.17) is 28.5 Å². The number of hydrogen-bond donors (Lipinski definition) is 0. The van der Waals surface area contributed by atoms with Gasteiger partial charge in [-0.2, -0.15) is 10.4 Å². The Bertz CT molecular complexity index is 577. The second-order valence-corrected chi connectivity index (χ2v) is 4.49. The van der Waals surface area contributed by atoms with Crippen LogP contribution in [0.1, 0.15) is 16.8 Å². The van der Waals surface area contributed by atoms with E-state index >= 15 is 0 Å². The van der Waals surface area contributed by atoms with E-state index in [1.807, 2.05) is 19.1 Å². The fourth-order valence-electron chi connectivity index (χ4n) is 1.49. The van der Waals surface area contributed by atoms with Crippen molar-refractivity contribution >= 4 is 23.2 Å². The Hall–Kier alpha value is -1.50. The summed E-state index contributed by atoms with van der Waals surface area (Å²) in [6, 6.07) is 7.25. The molecule has 0 aliphatic carbocycles. The Morgan fingerprint density at radius 2 is 2.12 bits per heavy atom. The van der Waals surface area contributed by atoms with E-state index < -0.39 is 0 Å². The summed E-state index contributed by atoms with van der Waals surface area (Å²) < 4.78 is 1.73. The molecule has 17 heavy (non-hydrogen) atoms. The van der Waals surface area contributed by atoms with Gasteiger partial charge in [-0.3, -0.25) is 4.68 Å². The zero-order valence-corrected chi connectivity index (χ0v) is 10.6. The molecule has 0 saturated carbocycles. The highest BCUT2D eigenvalue weighted by Gasteiger charge is 2.06. The smallest absolute Gasteiger partial charge is 0.0992 e. The van der Waals surface area contributed by atoms with E-state index in [9.17, 15) is 0 Å². The van der Waals surface area contributed by atoms with Gasteiger partial charge in [0.2, 0.25) is 0 Å². The summed E-state index contributed by atoms with van der Waals surface area (Å²) in [4.78, 5) is 0. The second-order valence-electron chi connectivity index (χ2n) is 3.68. The molecule has 0 aliphatic rings. The van der Waals surface area contributed by atoms with Crippen molar-refractivity contribution in [1.29, 1.82) is 5.26 Å². The van der Waals surface area contributed by atoms with Crippen molar-refractivity contribution in [3.05, 3.63) is 51.3 Å². The van der Waals surface area contributed by atoms with E-state index in [-0.39, 0.29) is 0 Å². The molecule has 3 nitrogen and oxygen atoms in total. The van der Waals surface area contributed by atoms with Crippen LogP contribution >= 0.6 is 23.2 Å². The molecule has 0 amide bonds. The molecule has 1 aromatic heterocycles. The maximum absolute atomic E-state index is 8.74. The van der Waals surface area contributed by atoms with Crippen LogP contribution in [0.3, 0.4) is 0 Å². The van der Waals surface area contributed by atoms with E-state index in [2.05, 4.69) is 5.10 Å². The molecule has 5 heteroatoms. The molecule has 0 aliphatic heterocycles. The van der Waals surface area contributed by atoms with Crippen molar-refractivity contribution in [3.63, 3.8) is 0 Å². The van der Waals surface area contributed by atoms with Crippen LogP contribution in [-0.4, -0.2) is 9.78 Å². The lowest BCUT2D eigenvalue weighted by Gasteiger charge is -2.04. The number of benzene rings is 1. The molecule has 0 radical (unpaired) electrons. The molecule has 0 fully saturated rings. The van der Waals surface area contributed by atoms with Crippen molar-refractivity contribution < 1.29 is 0 Å². The van der Waals surface area contributed by atoms with Gasteiger partial charge in [0.05, 0.1) is 28.9 Å². The van der Waals surface area contributed by atoms with Gasteiger partial charge in [0, 0.05) is 11.2 Å². The molecular weight excluding hydrogens is 257 g/mol. The summed E-state index contributed by atoms with van der Waals surface area (Å²) in [6.07, 6.45) is 1.76. The molecule has 1 heterocycles.